The molecule has 7 nitrogen and oxygen atoms in total. The van der Waals surface area contributed by atoms with Crippen molar-refractivity contribution in [3.8, 4) is 17.1 Å². The zero-order valence-electron chi connectivity index (χ0n) is 13.2. The summed E-state index contributed by atoms with van der Waals surface area (Å²) in [7, 11) is 0. The molecule has 0 spiro atoms. The molecule has 0 aliphatic carbocycles. The number of hydrogen-bond donors (Lipinski definition) is 1. The first-order chi connectivity index (χ1) is 12.1. The van der Waals surface area contributed by atoms with Gasteiger partial charge in [0, 0.05) is 28.9 Å². The van der Waals surface area contributed by atoms with Gasteiger partial charge in [0.15, 0.2) is 0 Å². The normalized spacial score (nSPS) is 11.3. The fourth-order valence-corrected chi connectivity index (χ4v) is 3.01. The molecule has 0 fully saturated rings. The summed E-state index contributed by atoms with van der Waals surface area (Å²) in [5, 5.41) is 4.44. The number of imidazole rings is 1. The van der Waals surface area contributed by atoms with Crippen LogP contribution >= 0.6 is 11.6 Å². The molecule has 0 amide bonds. The first-order valence-electron chi connectivity index (χ1n) is 7.55. The number of hydrogen-bond acceptors (Lipinski definition) is 5. The van der Waals surface area contributed by atoms with Crippen LogP contribution < -0.4 is 5.73 Å². The number of nitrogens with two attached hydrogens (primary N) is 1. The van der Waals surface area contributed by atoms with Crippen molar-refractivity contribution in [1.82, 2.24) is 29.3 Å². The third-order valence-corrected chi connectivity index (χ3v) is 4.17. The van der Waals surface area contributed by atoms with Crippen molar-refractivity contribution >= 4 is 28.6 Å². The van der Waals surface area contributed by atoms with E-state index in [-0.39, 0.29) is 5.95 Å². The Hall–Kier alpha value is -3.00. The summed E-state index contributed by atoms with van der Waals surface area (Å²) in [6.45, 7) is 2.54. The van der Waals surface area contributed by atoms with Crippen LogP contribution in [0.4, 0.5) is 10.3 Å². The van der Waals surface area contributed by atoms with Crippen LogP contribution in [-0.2, 0) is 6.54 Å². The van der Waals surface area contributed by atoms with Gasteiger partial charge in [0.2, 0.25) is 11.9 Å². The Morgan fingerprint density at radius 1 is 1.24 bits per heavy atom. The minimum atomic E-state index is -0.424. The van der Waals surface area contributed by atoms with Gasteiger partial charge in [0.25, 0.3) is 0 Å². The Kier molecular flexibility index (Phi) is 3.61. The van der Waals surface area contributed by atoms with Crippen LogP contribution in [0.5, 0.6) is 0 Å². The number of anilines is 1. The zero-order valence-corrected chi connectivity index (χ0v) is 13.9. The highest BCUT2D eigenvalue weighted by Gasteiger charge is 2.19. The maximum atomic E-state index is 14.5. The van der Waals surface area contributed by atoms with E-state index in [9.17, 15) is 4.39 Å². The predicted octanol–water partition coefficient (Wildman–Crippen LogP) is 3.07. The summed E-state index contributed by atoms with van der Waals surface area (Å²) in [6.07, 6.45) is 4.58. The number of aryl methyl sites for hydroxylation is 1. The molecule has 2 N–H and O–H groups in total. The second-order valence-corrected chi connectivity index (χ2v) is 5.80. The quantitative estimate of drug-likeness (QED) is 0.608. The van der Waals surface area contributed by atoms with E-state index in [1.165, 1.54) is 17.1 Å². The molecule has 0 saturated heterocycles. The van der Waals surface area contributed by atoms with E-state index < -0.39 is 5.82 Å². The van der Waals surface area contributed by atoms with Crippen molar-refractivity contribution in [1.29, 1.82) is 0 Å². The summed E-state index contributed by atoms with van der Waals surface area (Å²) < 4.78 is 17.8. The van der Waals surface area contributed by atoms with Crippen molar-refractivity contribution in [3.05, 3.63) is 47.8 Å². The predicted molar refractivity (Wildman–Crippen MR) is 92.9 cm³/mol. The van der Waals surface area contributed by atoms with Gasteiger partial charge in [0.1, 0.15) is 17.7 Å². The average molecular weight is 358 g/mol. The van der Waals surface area contributed by atoms with Crippen molar-refractivity contribution in [2.75, 3.05) is 5.73 Å². The fraction of sp³-hybridized carbons (Fsp3) is 0.125. The summed E-state index contributed by atoms with van der Waals surface area (Å²) in [6, 6.07) is 4.55. The molecule has 25 heavy (non-hydrogen) atoms. The maximum absolute atomic E-state index is 14.5. The number of nitrogens with zero attached hydrogens (tertiary/aromatic N) is 6. The minimum absolute atomic E-state index is 0.220. The Bertz CT molecular complexity index is 1090. The third-order valence-electron chi connectivity index (χ3n) is 3.93. The number of fused-ring (bicyclic) bond motifs is 1. The van der Waals surface area contributed by atoms with Gasteiger partial charge in [-0.05, 0) is 25.1 Å². The van der Waals surface area contributed by atoms with E-state index in [1.807, 2.05) is 11.5 Å². The van der Waals surface area contributed by atoms with Crippen molar-refractivity contribution < 1.29 is 4.39 Å². The lowest BCUT2D eigenvalue weighted by atomic mass is 10.1. The van der Waals surface area contributed by atoms with Gasteiger partial charge in [-0.1, -0.05) is 11.6 Å². The smallest absolute Gasteiger partial charge is 0.235 e. The summed E-state index contributed by atoms with van der Waals surface area (Å²) in [5.41, 5.74) is 8.22. The van der Waals surface area contributed by atoms with E-state index >= 15 is 0 Å². The van der Waals surface area contributed by atoms with E-state index in [0.717, 1.165) is 5.52 Å². The van der Waals surface area contributed by atoms with Crippen LogP contribution in [0.25, 0.3) is 28.1 Å². The number of nitrogen functional groups attached to an aromatic ring is 1. The summed E-state index contributed by atoms with van der Waals surface area (Å²) >= 11 is 5.86. The molecule has 0 radical (unpaired) electrons. The summed E-state index contributed by atoms with van der Waals surface area (Å²) in [5.74, 6) is 0.292. The van der Waals surface area contributed by atoms with Gasteiger partial charge >= 0.3 is 0 Å². The van der Waals surface area contributed by atoms with Crippen LogP contribution in [0.3, 0.4) is 0 Å². The van der Waals surface area contributed by atoms with Crippen LogP contribution in [0.1, 0.15) is 6.92 Å². The first-order valence-corrected chi connectivity index (χ1v) is 7.93. The molecular formula is C16H13ClFN7. The molecule has 9 heteroatoms. The van der Waals surface area contributed by atoms with Gasteiger partial charge in [-0.25, -0.2) is 9.37 Å². The van der Waals surface area contributed by atoms with Crippen LogP contribution in [0.15, 0.2) is 36.9 Å². The Balaban J connectivity index is 2.04. The molecule has 1 aromatic carbocycles. The van der Waals surface area contributed by atoms with Crippen molar-refractivity contribution in [2.45, 2.75) is 13.5 Å². The van der Waals surface area contributed by atoms with Crippen molar-refractivity contribution in [3.63, 3.8) is 0 Å². The van der Waals surface area contributed by atoms with Gasteiger partial charge in [-0.2, -0.15) is 14.8 Å². The Morgan fingerprint density at radius 3 is 2.76 bits per heavy atom. The zero-order chi connectivity index (χ0) is 17.6. The highest BCUT2D eigenvalue weighted by Crippen LogP contribution is 2.32. The monoisotopic (exact) mass is 357 g/mol. The highest BCUT2D eigenvalue weighted by molar-refractivity contribution is 6.30. The number of rotatable bonds is 3. The Labute approximate surface area is 146 Å². The largest absolute Gasteiger partial charge is 0.368 e. The molecule has 0 aliphatic rings. The van der Waals surface area contributed by atoms with Crippen LogP contribution in [0.2, 0.25) is 5.02 Å². The average Bonchev–Trinajstić information content (AvgIpc) is 3.17. The van der Waals surface area contributed by atoms with Gasteiger partial charge in [-0.15, -0.1) is 0 Å². The van der Waals surface area contributed by atoms with Gasteiger partial charge < -0.3 is 10.3 Å². The third kappa shape index (κ3) is 2.42. The standard InChI is InChI=1S/C16H13ClFN7/c1-2-24-14-11(10-4-3-9(17)5-12(10)18)6-20-7-13(14)23-16(24)25-15(19)21-8-22-25/h3-8H,2H2,1H3,(H2,19,21,22). The van der Waals surface area contributed by atoms with Gasteiger partial charge in [-0.3, -0.25) is 4.98 Å². The number of aromatic nitrogens is 6. The van der Waals surface area contributed by atoms with E-state index in [4.69, 9.17) is 17.3 Å². The topological polar surface area (TPSA) is 87.4 Å². The molecule has 0 bridgehead atoms. The number of halogens is 2. The molecule has 0 atom stereocenters. The van der Waals surface area contributed by atoms with Crippen molar-refractivity contribution in [2.24, 2.45) is 0 Å². The molecule has 4 aromatic rings. The lowest BCUT2D eigenvalue weighted by molar-refractivity contribution is 0.631. The molecule has 4 rings (SSSR count). The van der Waals surface area contributed by atoms with Crippen LogP contribution in [0, 0.1) is 5.82 Å². The second kappa shape index (κ2) is 5.82. The second-order valence-electron chi connectivity index (χ2n) is 5.37. The molecule has 3 aromatic heterocycles. The lowest BCUT2D eigenvalue weighted by Crippen LogP contribution is -2.10. The molecule has 0 aliphatic heterocycles. The van der Waals surface area contributed by atoms with E-state index in [0.29, 0.717) is 34.2 Å². The number of pyridine rings is 1. The SMILES string of the molecule is CCn1c(-n2ncnc2N)nc2cncc(-c3ccc(Cl)cc3F)c21. The van der Waals surface area contributed by atoms with Crippen LogP contribution in [-0.4, -0.2) is 29.3 Å². The number of benzene rings is 1. The maximum Gasteiger partial charge on any atom is 0.235 e. The highest BCUT2D eigenvalue weighted by atomic mass is 35.5. The molecular weight excluding hydrogens is 345 g/mol. The van der Waals surface area contributed by atoms with E-state index in [1.54, 1.807) is 24.5 Å². The summed E-state index contributed by atoms with van der Waals surface area (Å²) in [4.78, 5) is 12.7. The molecule has 126 valence electrons. The Morgan fingerprint density at radius 2 is 2.08 bits per heavy atom. The fourth-order valence-electron chi connectivity index (χ4n) is 2.85. The van der Waals surface area contributed by atoms with E-state index in [2.05, 4.69) is 20.1 Å². The minimum Gasteiger partial charge on any atom is -0.368 e. The first kappa shape index (κ1) is 15.5. The molecule has 3 heterocycles. The molecule has 0 unspecified atom stereocenters. The van der Waals surface area contributed by atoms with Gasteiger partial charge in [0.05, 0.1) is 11.7 Å². The lowest BCUT2D eigenvalue weighted by Gasteiger charge is -2.10. The molecule has 0 saturated carbocycles.